The maximum atomic E-state index is 10.8. The van der Waals surface area contributed by atoms with E-state index in [1.807, 2.05) is 12.1 Å². The summed E-state index contributed by atoms with van der Waals surface area (Å²) in [5.74, 6) is 0.600. The summed E-state index contributed by atoms with van der Waals surface area (Å²) in [6.45, 7) is 2.00. The van der Waals surface area contributed by atoms with Crippen molar-refractivity contribution in [1.29, 1.82) is 0 Å². The van der Waals surface area contributed by atoms with Gasteiger partial charge in [-0.1, -0.05) is 0 Å². The molecule has 0 fully saturated rings. The molecule has 0 saturated heterocycles. The number of nitrogens with zero attached hydrogens (tertiary/aromatic N) is 2. The van der Waals surface area contributed by atoms with Gasteiger partial charge in [0.25, 0.3) is 0 Å². The summed E-state index contributed by atoms with van der Waals surface area (Å²) in [6.07, 6.45) is 2.32. The van der Waals surface area contributed by atoms with E-state index in [9.17, 15) is 9.70 Å². The van der Waals surface area contributed by atoms with E-state index in [4.69, 9.17) is 4.74 Å². The normalized spacial score (nSPS) is 10.4. The van der Waals surface area contributed by atoms with Crippen molar-refractivity contribution in [2.24, 2.45) is 5.29 Å². The Morgan fingerprint density at radius 2 is 2.26 bits per heavy atom. The molecular formula is C13H15N3O3. The number of nitroso groups, excluding NO2 is 1. The van der Waals surface area contributed by atoms with E-state index in [0.717, 1.165) is 10.9 Å². The molecule has 1 aromatic carbocycles. The minimum atomic E-state index is -0.0704. The van der Waals surface area contributed by atoms with Gasteiger partial charge in [-0.2, -0.15) is 0 Å². The highest BCUT2D eigenvalue weighted by molar-refractivity contribution is 5.85. The molecule has 6 heteroatoms. The second-order valence-corrected chi connectivity index (χ2v) is 4.20. The minimum Gasteiger partial charge on any atom is -0.497 e. The molecule has 1 amide bonds. The maximum absolute atomic E-state index is 10.8. The SMILES string of the molecule is COc1ccc2c(CCNC(C)=O)cn(N=O)c2c1. The van der Waals surface area contributed by atoms with Gasteiger partial charge in [0.1, 0.15) is 5.75 Å². The van der Waals surface area contributed by atoms with Crippen molar-refractivity contribution in [2.75, 3.05) is 13.7 Å². The highest BCUT2D eigenvalue weighted by Crippen LogP contribution is 2.26. The van der Waals surface area contributed by atoms with Crippen LogP contribution in [0.5, 0.6) is 5.75 Å². The zero-order valence-corrected chi connectivity index (χ0v) is 10.8. The summed E-state index contributed by atoms with van der Waals surface area (Å²) < 4.78 is 6.41. The van der Waals surface area contributed by atoms with Gasteiger partial charge >= 0.3 is 0 Å². The fourth-order valence-electron chi connectivity index (χ4n) is 2.03. The van der Waals surface area contributed by atoms with Gasteiger partial charge in [-0.05, 0) is 24.1 Å². The molecule has 2 rings (SSSR count). The van der Waals surface area contributed by atoms with Gasteiger partial charge in [0.15, 0.2) is 0 Å². The van der Waals surface area contributed by atoms with E-state index in [1.165, 1.54) is 11.6 Å². The Labute approximate surface area is 110 Å². The van der Waals surface area contributed by atoms with Crippen LogP contribution < -0.4 is 10.1 Å². The fourth-order valence-corrected chi connectivity index (χ4v) is 2.03. The lowest BCUT2D eigenvalue weighted by atomic mass is 10.1. The monoisotopic (exact) mass is 261 g/mol. The van der Waals surface area contributed by atoms with E-state index < -0.39 is 0 Å². The molecule has 0 atom stereocenters. The highest BCUT2D eigenvalue weighted by atomic mass is 16.5. The Hall–Kier alpha value is -2.37. The lowest BCUT2D eigenvalue weighted by Crippen LogP contribution is -2.22. The van der Waals surface area contributed by atoms with E-state index in [0.29, 0.717) is 24.2 Å². The number of methoxy groups -OCH3 is 1. The minimum absolute atomic E-state index is 0.0704. The van der Waals surface area contributed by atoms with Gasteiger partial charge in [0.2, 0.25) is 5.91 Å². The largest absolute Gasteiger partial charge is 0.497 e. The van der Waals surface area contributed by atoms with Crippen molar-refractivity contribution in [3.05, 3.63) is 34.9 Å². The van der Waals surface area contributed by atoms with Crippen molar-refractivity contribution >= 4 is 16.8 Å². The van der Waals surface area contributed by atoms with E-state index in [2.05, 4.69) is 10.6 Å². The number of aromatic nitrogens is 1. The van der Waals surface area contributed by atoms with Crippen LogP contribution in [0.25, 0.3) is 10.9 Å². The lowest BCUT2D eigenvalue weighted by molar-refractivity contribution is -0.118. The Kier molecular flexibility index (Phi) is 3.79. The van der Waals surface area contributed by atoms with Crippen LogP contribution in [-0.4, -0.2) is 24.2 Å². The first-order valence-electron chi connectivity index (χ1n) is 5.91. The molecule has 0 aliphatic heterocycles. The first-order valence-corrected chi connectivity index (χ1v) is 5.91. The molecule has 0 unspecified atom stereocenters. The Bertz CT molecular complexity index is 619. The number of hydrogen-bond acceptors (Lipinski definition) is 4. The third-order valence-electron chi connectivity index (χ3n) is 2.93. The van der Waals surface area contributed by atoms with Crippen LogP contribution in [0.4, 0.5) is 0 Å². The first-order chi connectivity index (χ1) is 9.15. The van der Waals surface area contributed by atoms with Crippen LogP contribution >= 0.6 is 0 Å². The fraction of sp³-hybridized carbons (Fsp3) is 0.308. The van der Waals surface area contributed by atoms with Gasteiger partial charge < -0.3 is 10.1 Å². The number of hydrogen-bond donors (Lipinski definition) is 1. The molecule has 0 saturated carbocycles. The molecule has 0 spiro atoms. The molecule has 0 bridgehead atoms. The van der Waals surface area contributed by atoms with Crippen LogP contribution in [0.1, 0.15) is 12.5 Å². The van der Waals surface area contributed by atoms with Crippen LogP contribution in [0.15, 0.2) is 29.7 Å². The summed E-state index contributed by atoms with van der Waals surface area (Å²) in [5.41, 5.74) is 1.66. The Balaban J connectivity index is 2.34. The van der Waals surface area contributed by atoms with E-state index in [1.54, 1.807) is 19.4 Å². The van der Waals surface area contributed by atoms with E-state index in [-0.39, 0.29) is 5.91 Å². The molecular weight excluding hydrogens is 246 g/mol. The molecule has 100 valence electrons. The first kappa shape index (κ1) is 13.1. The zero-order chi connectivity index (χ0) is 13.8. The smallest absolute Gasteiger partial charge is 0.216 e. The molecule has 1 heterocycles. The highest BCUT2D eigenvalue weighted by Gasteiger charge is 2.10. The summed E-state index contributed by atoms with van der Waals surface area (Å²) in [4.78, 5) is 21.7. The quantitative estimate of drug-likeness (QED) is 0.835. The number of amides is 1. The van der Waals surface area contributed by atoms with Gasteiger partial charge in [-0.25, -0.2) is 4.68 Å². The maximum Gasteiger partial charge on any atom is 0.216 e. The second kappa shape index (κ2) is 5.51. The molecule has 19 heavy (non-hydrogen) atoms. The standard InChI is InChI=1S/C13H15N3O3/c1-9(17)14-6-5-10-8-16(15-18)13-7-11(19-2)3-4-12(10)13/h3-4,7-8H,5-6H2,1-2H3,(H,14,17). The average Bonchev–Trinajstić information content (AvgIpc) is 2.75. The molecule has 1 N–H and O–H groups in total. The second-order valence-electron chi connectivity index (χ2n) is 4.20. The summed E-state index contributed by atoms with van der Waals surface area (Å²) in [5, 5.41) is 6.62. The van der Waals surface area contributed by atoms with Gasteiger partial charge in [0, 0.05) is 31.1 Å². The number of fused-ring (bicyclic) bond motifs is 1. The van der Waals surface area contributed by atoms with Gasteiger partial charge in [-0.3, -0.25) is 4.79 Å². The van der Waals surface area contributed by atoms with Crippen LogP contribution in [-0.2, 0) is 11.2 Å². The number of nitrogens with one attached hydrogen (secondary N) is 1. The van der Waals surface area contributed by atoms with Gasteiger partial charge in [-0.15, -0.1) is 4.91 Å². The molecule has 6 nitrogen and oxygen atoms in total. The van der Waals surface area contributed by atoms with Gasteiger partial charge in [0.05, 0.1) is 17.9 Å². The molecule has 0 radical (unpaired) electrons. The number of rotatable bonds is 5. The van der Waals surface area contributed by atoms with Crippen molar-refractivity contribution in [2.45, 2.75) is 13.3 Å². The predicted octanol–water partition coefficient (Wildman–Crippen LogP) is 1.86. The van der Waals surface area contributed by atoms with Crippen LogP contribution in [0.2, 0.25) is 0 Å². The summed E-state index contributed by atoms with van der Waals surface area (Å²) >= 11 is 0. The predicted molar refractivity (Wildman–Crippen MR) is 72.1 cm³/mol. The zero-order valence-electron chi connectivity index (χ0n) is 10.8. The van der Waals surface area contributed by atoms with Crippen molar-refractivity contribution in [1.82, 2.24) is 9.99 Å². The molecule has 1 aromatic heterocycles. The number of carbonyl (C=O) groups is 1. The average molecular weight is 261 g/mol. The number of benzene rings is 1. The third-order valence-corrected chi connectivity index (χ3v) is 2.93. The van der Waals surface area contributed by atoms with Crippen LogP contribution in [0.3, 0.4) is 0 Å². The van der Waals surface area contributed by atoms with Crippen molar-refractivity contribution in [3.63, 3.8) is 0 Å². The summed E-state index contributed by atoms with van der Waals surface area (Å²) in [7, 11) is 1.57. The Morgan fingerprint density at radius 1 is 1.47 bits per heavy atom. The lowest BCUT2D eigenvalue weighted by Gasteiger charge is -2.02. The topological polar surface area (TPSA) is 72.7 Å². The van der Waals surface area contributed by atoms with Crippen molar-refractivity contribution < 1.29 is 9.53 Å². The van der Waals surface area contributed by atoms with Crippen LogP contribution in [0, 0.1) is 4.91 Å². The third kappa shape index (κ3) is 2.73. The molecule has 0 aliphatic carbocycles. The van der Waals surface area contributed by atoms with Crippen molar-refractivity contribution in [3.8, 4) is 5.75 Å². The number of ether oxygens (including phenoxy) is 1. The molecule has 0 aliphatic rings. The molecule has 2 aromatic rings. The summed E-state index contributed by atoms with van der Waals surface area (Å²) in [6, 6.07) is 5.48. The van der Waals surface area contributed by atoms with E-state index >= 15 is 0 Å². The number of carbonyl (C=O) groups excluding carboxylic acids is 1. The Morgan fingerprint density at radius 3 is 2.89 bits per heavy atom.